The van der Waals surface area contributed by atoms with Gasteiger partial charge in [-0.3, -0.25) is 4.79 Å². The number of carbonyl (C=O) groups is 2. The number of hydrogen-bond acceptors (Lipinski definition) is 4. The molecule has 2 aliphatic rings. The zero-order valence-corrected chi connectivity index (χ0v) is 24.0. The number of amides is 3. The van der Waals surface area contributed by atoms with Gasteiger partial charge in [-0.15, -0.1) is 0 Å². The second-order valence-electron chi connectivity index (χ2n) is 11.5. The van der Waals surface area contributed by atoms with Gasteiger partial charge in [0.1, 0.15) is 0 Å². The van der Waals surface area contributed by atoms with Gasteiger partial charge in [0, 0.05) is 43.0 Å². The van der Waals surface area contributed by atoms with Gasteiger partial charge >= 0.3 is 6.03 Å². The van der Waals surface area contributed by atoms with Gasteiger partial charge in [-0.2, -0.15) is 0 Å². The molecule has 3 aromatic rings. The molecule has 2 atom stereocenters. The van der Waals surface area contributed by atoms with Crippen molar-refractivity contribution in [3.05, 3.63) is 89.0 Å². The molecule has 204 valence electrons. The Labute approximate surface area is 236 Å². The highest BCUT2D eigenvalue weighted by molar-refractivity contribution is 7.99. The molecule has 1 aliphatic carbocycles. The van der Waals surface area contributed by atoms with Crippen LogP contribution < -0.4 is 15.4 Å². The summed E-state index contributed by atoms with van der Waals surface area (Å²) in [6.07, 6.45) is 3.68. The molecular weight excluding hydrogens is 504 g/mol. The van der Waals surface area contributed by atoms with Crippen LogP contribution in [0, 0.1) is 5.92 Å². The van der Waals surface area contributed by atoms with E-state index < -0.39 is 0 Å². The molecule has 39 heavy (non-hydrogen) atoms. The van der Waals surface area contributed by atoms with Crippen LogP contribution in [0.5, 0.6) is 0 Å². The van der Waals surface area contributed by atoms with Gasteiger partial charge in [0.15, 0.2) is 0 Å². The van der Waals surface area contributed by atoms with Crippen LogP contribution in [0.4, 0.5) is 10.5 Å². The zero-order valence-electron chi connectivity index (χ0n) is 23.2. The van der Waals surface area contributed by atoms with E-state index in [1.807, 2.05) is 50.1 Å². The Bertz CT molecular complexity index is 1350. The highest BCUT2D eigenvalue weighted by Crippen LogP contribution is 2.47. The molecule has 0 saturated heterocycles. The Hall–Kier alpha value is -3.45. The minimum absolute atomic E-state index is 0.0308. The fraction of sp³-hybridized carbons (Fsp3) is 0.375. The maximum atomic E-state index is 13.1. The smallest absolute Gasteiger partial charge is 0.318 e. The largest absolute Gasteiger partial charge is 0.352 e. The third-order valence-electron chi connectivity index (χ3n) is 7.48. The van der Waals surface area contributed by atoms with Crippen LogP contribution in [0.25, 0.3) is 11.1 Å². The Kier molecular flexibility index (Phi) is 7.89. The summed E-state index contributed by atoms with van der Waals surface area (Å²) in [4.78, 5) is 28.0. The molecule has 0 bridgehead atoms. The summed E-state index contributed by atoms with van der Waals surface area (Å²) in [5, 5.41) is 6.31. The molecule has 3 aromatic carbocycles. The first-order chi connectivity index (χ1) is 18.7. The Morgan fingerprint density at radius 1 is 1.00 bits per heavy atom. The van der Waals surface area contributed by atoms with Crippen LogP contribution in [-0.2, 0) is 24.3 Å². The van der Waals surface area contributed by atoms with Crippen LogP contribution in [0.15, 0.2) is 66.7 Å². The lowest BCUT2D eigenvalue weighted by molar-refractivity contribution is -0.122. The summed E-state index contributed by atoms with van der Waals surface area (Å²) >= 11 is 1.57. The predicted molar refractivity (Wildman–Crippen MR) is 161 cm³/mol. The molecule has 1 aliphatic heterocycles. The number of fused-ring (bicyclic) bond motifs is 1. The molecule has 1 heterocycles. The summed E-state index contributed by atoms with van der Waals surface area (Å²) in [6.45, 7) is 7.63. The van der Waals surface area contributed by atoms with E-state index in [0.29, 0.717) is 25.6 Å². The molecule has 0 spiro atoms. The standard InChI is InChI=1S/C32H38N4O2S/c1-32(2,3)34-31(38)36-16-15-26-25(22-11-8-12-24(17-22)35-39-4)14-13-23(29(26)20-36)19-33-30(37)28-18-27(28)21-9-6-5-7-10-21/h5-14,17,27-28,35H,15-16,18-20H2,1-4H3,(H,33,37)(H,34,38)/t27-,28?/m0/s1. The minimum atomic E-state index is -0.305. The molecule has 0 radical (unpaired) electrons. The number of nitrogens with one attached hydrogen (secondary N) is 3. The van der Waals surface area contributed by atoms with Crippen LogP contribution in [-0.4, -0.2) is 35.2 Å². The Balaban J connectivity index is 1.39. The first kappa shape index (κ1) is 27.1. The lowest BCUT2D eigenvalue weighted by Crippen LogP contribution is -2.50. The van der Waals surface area contributed by atoms with Gasteiger partial charge in [0.2, 0.25) is 5.91 Å². The predicted octanol–water partition coefficient (Wildman–Crippen LogP) is 6.33. The van der Waals surface area contributed by atoms with E-state index in [1.165, 1.54) is 16.7 Å². The van der Waals surface area contributed by atoms with Crippen molar-refractivity contribution in [1.29, 1.82) is 0 Å². The fourth-order valence-electron chi connectivity index (χ4n) is 5.48. The first-order valence-corrected chi connectivity index (χ1v) is 14.9. The maximum Gasteiger partial charge on any atom is 0.318 e. The number of anilines is 1. The molecular formula is C32H38N4O2S. The lowest BCUT2D eigenvalue weighted by Gasteiger charge is -2.34. The third kappa shape index (κ3) is 6.41. The van der Waals surface area contributed by atoms with Crippen LogP contribution in [0.1, 0.15) is 55.4 Å². The molecule has 3 amide bonds. The summed E-state index contributed by atoms with van der Waals surface area (Å²) in [7, 11) is 0. The Morgan fingerprint density at radius 2 is 1.79 bits per heavy atom. The van der Waals surface area contributed by atoms with Crippen LogP contribution >= 0.6 is 11.9 Å². The molecule has 3 N–H and O–H groups in total. The van der Waals surface area contributed by atoms with Gasteiger partial charge < -0.3 is 20.3 Å². The molecule has 6 nitrogen and oxygen atoms in total. The maximum absolute atomic E-state index is 13.1. The van der Waals surface area contributed by atoms with Crippen molar-refractivity contribution in [2.45, 2.75) is 58.2 Å². The number of hydrogen-bond donors (Lipinski definition) is 3. The third-order valence-corrected chi connectivity index (χ3v) is 7.92. The van der Waals surface area contributed by atoms with Crippen LogP contribution in [0.2, 0.25) is 0 Å². The van der Waals surface area contributed by atoms with E-state index in [0.717, 1.165) is 35.2 Å². The molecule has 7 heteroatoms. The second kappa shape index (κ2) is 11.3. The summed E-state index contributed by atoms with van der Waals surface area (Å²) < 4.78 is 3.33. The van der Waals surface area contributed by atoms with Gasteiger partial charge in [0.25, 0.3) is 0 Å². The monoisotopic (exact) mass is 542 g/mol. The highest BCUT2D eigenvalue weighted by atomic mass is 32.2. The first-order valence-electron chi connectivity index (χ1n) is 13.7. The summed E-state index contributed by atoms with van der Waals surface area (Å²) in [5.74, 6) is 0.445. The number of urea groups is 1. The van der Waals surface area contributed by atoms with Gasteiger partial charge in [-0.1, -0.05) is 66.5 Å². The van der Waals surface area contributed by atoms with E-state index in [-0.39, 0.29) is 23.4 Å². The van der Waals surface area contributed by atoms with Crippen molar-refractivity contribution in [3.63, 3.8) is 0 Å². The Morgan fingerprint density at radius 3 is 2.54 bits per heavy atom. The van der Waals surface area contributed by atoms with E-state index in [9.17, 15) is 9.59 Å². The molecule has 5 rings (SSSR count). The number of rotatable bonds is 7. The average molecular weight is 543 g/mol. The normalized spacial score (nSPS) is 18.2. The van der Waals surface area contributed by atoms with E-state index in [2.05, 4.69) is 63.9 Å². The van der Waals surface area contributed by atoms with E-state index >= 15 is 0 Å². The van der Waals surface area contributed by atoms with Crippen molar-refractivity contribution in [1.82, 2.24) is 15.5 Å². The summed E-state index contributed by atoms with van der Waals surface area (Å²) in [5.41, 5.74) is 7.80. The topological polar surface area (TPSA) is 73.5 Å². The molecule has 0 aromatic heterocycles. The average Bonchev–Trinajstić information content (AvgIpc) is 3.72. The minimum Gasteiger partial charge on any atom is -0.352 e. The van der Waals surface area contributed by atoms with Crippen molar-refractivity contribution < 1.29 is 9.59 Å². The number of nitrogens with zero attached hydrogens (tertiary/aromatic N) is 1. The van der Waals surface area contributed by atoms with Crippen molar-refractivity contribution in [2.24, 2.45) is 5.92 Å². The molecule has 1 unspecified atom stereocenters. The van der Waals surface area contributed by atoms with Crippen molar-refractivity contribution >= 4 is 29.6 Å². The zero-order chi connectivity index (χ0) is 27.6. The van der Waals surface area contributed by atoms with Crippen LogP contribution in [0.3, 0.4) is 0 Å². The SMILES string of the molecule is CSNc1cccc(-c2ccc(CNC(=O)C3C[C@H]3c3ccccc3)c3c2CCN(C(=O)NC(C)(C)C)C3)c1. The van der Waals surface area contributed by atoms with Crippen molar-refractivity contribution in [3.8, 4) is 11.1 Å². The lowest BCUT2D eigenvalue weighted by atomic mass is 9.87. The van der Waals surface area contributed by atoms with Gasteiger partial charge in [0.05, 0.1) is 0 Å². The fourth-order valence-corrected chi connectivity index (χ4v) is 5.85. The number of benzene rings is 3. The summed E-state index contributed by atoms with van der Waals surface area (Å²) in [6, 6.07) is 23.0. The second-order valence-corrected chi connectivity index (χ2v) is 12.2. The van der Waals surface area contributed by atoms with Gasteiger partial charge in [-0.25, -0.2) is 4.79 Å². The molecule has 1 fully saturated rings. The molecule has 1 saturated carbocycles. The van der Waals surface area contributed by atoms with E-state index in [1.54, 1.807) is 11.9 Å². The van der Waals surface area contributed by atoms with Crippen molar-refractivity contribution in [2.75, 3.05) is 17.5 Å². The quantitative estimate of drug-likeness (QED) is 0.305. The van der Waals surface area contributed by atoms with E-state index in [4.69, 9.17) is 0 Å². The number of carbonyl (C=O) groups excluding carboxylic acids is 2. The highest BCUT2D eigenvalue weighted by Gasteiger charge is 2.43. The van der Waals surface area contributed by atoms with Gasteiger partial charge in [-0.05, 0) is 85.0 Å².